The van der Waals surface area contributed by atoms with Gasteiger partial charge in [-0.25, -0.2) is 0 Å². The van der Waals surface area contributed by atoms with E-state index in [1.54, 1.807) is 0 Å². The second kappa shape index (κ2) is 32.7. The first kappa shape index (κ1) is 42.3. The Morgan fingerprint density at radius 1 is 0.617 bits per heavy atom. The molecule has 2 N–H and O–H groups in total. The molecule has 0 heterocycles. The van der Waals surface area contributed by atoms with Crippen LogP contribution >= 0.6 is 0 Å². The molecule has 47 heavy (non-hydrogen) atoms. The van der Waals surface area contributed by atoms with Crippen LogP contribution in [0.4, 0.5) is 0 Å². The van der Waals surface area contributed by atoms with Crippen LogP contribution in [0.1, 0.15) is 130 Å². The first-order chi connectivity index (χ1) is 23.0. The summed E-state index contributed by atoms with van der Waals surface area (Å²) in [6.45, 7) is 13.8. The minimum Gasteiger partial charge on any atom is -0.354 e. The van der Waals surface area contributed by atoms with Crippen LogP contribution in [0.3, 0.4) is 0 Å². The molecule has 0 aliphatic heterocycles. The van der Waals surface area contributed by atoms with Crippen LogP contribution in [0.5, 0.6) is 0 Å². The molecule has 0 aromatic heterocycles. The molecule has 4 nitrogen and oxygen atoms in total. The van der Waals surface area contributed by atoms with Crippen molar-refractivity contribution in [2.75, 3.05) is 6.54 Å². The Balaban J connectivity index is 4.73. The predicted octanol–water partition coefficient (Wildman–Crippen LogP) is 9.81. The van der Waals surface area contributed by atoms with Gasteiger partial charge in [0.25, 0.3) is 5.91 Å². The number of hydrogen-bond donors (Lipinski definition) is 2. The van der Waals surface area contributed by atoms with Crippen LogP contribution in [0.2, 0.25) is 0 Å². The van der Waals surface area contributed by atoms with Gasteiger partial charge in [0.1, 0.15) is 6.04 Å². The molecular weight excluding hydrogens is 576 g/mol. The topological polar surface area (TPSA) is 58.2 Å². The maximum Gasteiger partial charge on any atom is 0.260 e. The molecule has 0 unspecified atom stereocenters. The van der Waals surface area contributed by atoms with Crippen molar-refractivity contribution >= 4 is 11.8 Å². The summed E-state index contributed by atoms with van der Waals surface area (Å²) in [5.74, 6) is -0.680. The van der Waals surface area contributed by atoms with E-state index in [0.29, 0.717) is 6.54 Å². The highest BCUT2D eigenvalue weighted by molar-refractivity contribution is 5.98. The van der Waals surface area contributed by atoms with Crippen LogP contribution in [0, 0.1) is 5.92 Å². The molecule has 0 saturated carbocycles. The molecule has 2 atom stereocenters. The summed E-state index contributed by atoms with van der Waals surface area (Å²) in [6, 6.07) is -0.661. The molecule has 0 fully saturated rings. The van der Waals surface area contributed by atoms with E-state index in [0.717, 1.165) is 19.3 Å². The SMILES string of the molecule is C=C=C=C=C=C=C=C=C=C=C=C=C=C=C=C(C=C)C(=O)N[C@H](C(=O)NCCCCCCCCCCCCCCCCCC)[C@@H](C)CC. The van der Waals surface area contributed by atoms with Crippen molar-refractivity contribution in [3.8, 4) is 0 Å². The van der Waals surface area contributed by atoms with Gasteiger partial charge in [0.05, 0.1) is 5.57 Å². The van der Waals surface area contributed by atoms with Gasteiger partial charge in [0.2, 0.25) is 5.91 Å². The average molecular weight is 631 g/mol. The lowest BCUT2D eigenvalue weighted by atomic mass is 9.97. The molecule has 0 aliphatic rings. The Bertz CT molecular complexity index is 1510. The number of carbonyl (C=O) groups excluding carboxylic acids is 2. The van der Waals surface area contributed by atoms with E-state index in [1.807, 2.05) is 13.8 Å². The van der Waals surface area contributed by atoms with Gasteiger partial charge in [0.15, 0.2) is 0 Å². The molecule has 0 radical (unpaired) electrons. The summed E-state index contributed by atoms with van der Waals surface area (Å²) in [5.41, 5.74) is 35.5. The maximum absolute atomic E-state index is 13.0. The largest absolute Gasteiger partial charge is 0.354 e. The average Bonchev–Trinajstić information content (AvgIpc) is 3.08. The van der Waals surface area contributed by atoms with Gasteiger partial charge in [-0.2, -0.15) is 0 Å². The smallest absolute Gasteiger partial charge is 0.260 e. The summed E-state index contributed by atoms with van der Waals surface area (Å²) in [5, 5.41) is 5.84. The molecule has 0 aliphatic carbocycles. The lowest BCUT2D eigenvalue weighted by molar-refractivity contribution is -0.128. The van der Waals surface area contributed by atoms with Crippen molar-refractivity contribution in [3.63, 3.8) is 0 Å². The first-order valence-electron chi connectivity index (χ1n) is 17.4. The second-order valence-electron chi connectivity index (χ2n) is 11.4. The van der Waals surface area contributed by atoms with Crippen LogP contribution in [-0.4, -0.2) is 24.4 Å². The van der Waals surface area contributed by atoms with E-state index < -0.39 is 11.9 Å². The Labute approximate surface area is 284 Å². The van der Waals surface area contributed by atoms with E-state index >= 15 is 0 Å². The fraction of sp³-hybridized carbons (Fsp3) is 0.535. The number of rotatable bonds is 23. The van der Waals surface area contributed by atoms with Crippen molar-refractivity contribution in [2.24, 2.45) is 5.92 Å². The zero-order valence-corrected chi connectivity index (χ0v) is 29.2. The summed E-state index contributed by atoms with van der Waals surface area (Å²) >= 11 is 0. The van der Waals surface area contributed by atoms with Crippen molar-refractivity contribution in [1.29, 1.82) is 0 Å². The van der Waals surface area contributed by atoms with Gasteiger partial charge >= 0.3 is 0 Å². The van der Waals surface area contributed by atoms with Gasteiger partial charge in [-0.3, -0.25) is 9.59 Å². The fourth-order valence-corrected chi connectivity index (χ4v) is 4.57. The Morgan fingerprint density at radius 2 is 1.02 bits per heavy atom. The van der Waals surface area contributed by atoms with Crippen molar-refractivity contribution < 1.29 is 9.59 Å². The van der Waals surface area contributed by atoms with Crippen molar-refractivity contribution in [1.82, 2.24) is 10.6 Å². The fourth-order valence-electron chi connectivity index (χ4n) is 4.57. The monoisotopic (exact) mass is 630 g/mol. The molecular formula is C43H54N2O2. The molecule has 4 heteroatoms. The molecule has 0 aromatic carbocycles. The highest BCUT2D eigenvalue weighted by atomic mass is 16.2. The minimum absolute atomic E-state index is 0.0426. The van der Waals surface area contributed by atoms with Crippen LogP contribution in [0.15, 0.2) is 105 Å². The minimum atomic E-state index is -0.661. The third kappa shape index (κ3) is 26.3. The van der Waals surface area contributed by atoms with Crippen LogP contribution < -0.4 is 10.6 Å². The third-order valence-corrected chi connectivity index (χ3v) is 7.53. The van der Waals surface area contributed by atoms with E-state index in [4.69, 9.17) is 0 Å². The van der Waals surface area contributed by atoms with Gasteiger partial charge < -0.3 is 10.6 Å². The number of amides is 2. The van der Waals surface area contributed by atoms with Gasteiger partial charge in [-0.05, 0) is 99.5 Å². The number of nitrogens with one attached hydrogen (secondary N) is 2. The first-order valence-corrected chi connectivity index (χ1v) is 17.4. The Kier molecular flexibility index (Phi) is 29.5. The Morgan fingerprint density at radius 3 is 1.43 bits per heavy atom. The highest BCUT2D eigenvalue weighted by Crippen LogP contribution is 2.14. The molecule has 0 aromatic rings. The van der Waals surface area contributed by atoms with E-state index in [2.05, 4.69) is 111 Å². The van der Waals surface area contributed by atoms with Gasteiger partial charge in [-0.1, -0.05) is 136 Å². The predicted molar refractivity (Wildman–Crippen MR) is 192 cm³/mol. The zero-order chi connectivity index (χ0) is 34.6. The second-order valence-corrected chi connectivity index (χ2v) is 11.4. The van der Waals surface area contributed by atoms with Crippen LogP contribution in [0.25, 0.3) is 0 Å². The molecule has 248 valence electrons. The number of unbranched alkanes of at least 4 members (excludes halogenated alkanes) is 15. The third-order valence-electron chi connectivity index (χ3n) is 7.53. The lowest BCUT2D eigenvalue weighted by Crippen LogP contribution is -2.50. The standard InChI is InChI=1S/C43H54N2O2/c1-6-10-12-14-16-18-20-22-23-24-26-28-30-32-34-36-38-44-43(47)41(39(5)8-3)45-42(46)40(9-4)37-35-33-31-29-27-25-21-19-17-15-13-11-7-2/h9,39,41H,2,4,6,8,10,12,14,16,18,20,22-24,26,28,30,32,34,36,38H2,1,3,5H3,(H,44,47)(H,45,46)/t39-,41-/m0/s1. The summed E-state index contributed by atoms with van der Waals surface area (Å²) in [7, 11) is 0. The summed E-state index contributed by atoms with van der Waals surface area (Å²) in [4.78, 5) is 25.8. The van der Waals surface area contributed by atoms with Crippen LogP contribution in [-0.2, 0) is 9.59 Å². The Hall–Kier alpha value is -4.66. The maximum atomic E-state index is 13.0. The lowest BCUT2D eigenvalue weighted by Gasteiger charge is -2.23. The molecule has 2 amide bonds. The van der Waals surface area contributed by atoms with Gasteiger partial charge in [0, 0.05) is 6.54 Å². The highest BCUT2D eigenvalue weighted by Gasteiger charge is 2.26. The zero-order valence-electron chi connectivity index (χ0n) is 29.2. The summed E-state index contributed by atoms with van der Waals surface area (Å²) < 4.78 is 0. The van der Waals surface area contributed by atoms with E-state index in [-0.39, 0.29) is 17.4 Å². The normalized spacial score (nSPS) is 10.1. The molecule has 0 saturated heterocycles. The quantitative estimate of drug-likeness (QED) is 0.0511. The van der Waals surface area contributed by atoms with Gasteiger partial charge in [-0.15, -0.1) is 0 Å². The van der Waals surface area contributed by atoms with Crippen molar-refractivity contribution in [2.45, 2.75) is 136 Å². The number of carbonyl (C=O) groups is 2. The molecule has 0 bridgehead atoms. The van der Waals surface area contributed by atoms with E-state index in [1.165, 1.54) is 96.0 Å². The van der Waals surface area contributed by atoms with Crippen molar-refractivity contribution in [3.05, 3.63) is 105 Å². The molecule has 0 rings (SSSR count). The van der Waals surface area contributed by atoms with E-state index in [9.17, 15) is 9.59 Å². The summed E-state index contributed by atoms with van der Waals surface area (Å²) in [6.07, 6.45) is 23.0. The number of hydrogen-bond acceptors (Lipinski definition) is 2. The molecule has 0 spiro atoms.